The van der Waals surface area contributed by atoms with Crippen LogP contribution in [0, 0.1) is 0 Å². The van der Waals surface area contributed by atoms with Gasteiger partial charge in [-0.05, 0) is 18.7 Å². The molecule has 0 aliphatic rings. The molecule has 0 heterocycles. The average molecular weight is 191 g/mol. The predicted octanol–water partition coefficient (Wildman–Crippen LogP) is 2.34. The van der Waals surface area contributed by atoms with Gasteiger partial charge < -0.3 is 0 Å². The van der Waals surface area contributed by atoms with Gasteiger partial charge in [0.05, 0.1) is 0 Å². The van der Waals surface area contributed by atoms with Gasteiger partial charge in [0.1, 0.15) is 6.29 Å². The summed E-state index contributed by atoms with van der Waals surface area (Å²) < 4.78 is 0. The number of aldehydes is 1. The maximum atomic E-state index is 10.8. The summed E-state index contributed by atoms with van der Waals surface area (Å²) >= 11 is 0. The molecule has 0 atom stereocenters. The topological polar surface area (TPSA) is 20.3 Å². The van der Waals surface area contributed by atoms with E-state index in [1.807, 2.05) is 24.3 Å². The number of hydrogen-bond acceptors (Lipinski definition) is 2. The van der Waals surface area contributed by atoms with Crippen LogP contribution < -0.4 is 0 Å². The highest BCUT2D eigenvalue weighted by Crippen LogP contribution is 2.09. The Kier molecular flexibility index (Phi) is 4.33. The summed E-state index contributed by atoms with van der Waals surface area (Å²) in [4.78, 5) is 13.1. The van der Waals surface area contributed by atoms with Crippen LogP contribution in [0.25, 0.3) is 0 Å². The zero-order valence-corrected chi connectivity index (χ0v) is 8.86. The van der Waals surface area contributed by atoms with Crippen molar-refractivity contribution in [2.24, 2.45) is 0 Å². The summed E-state index contributed by atoms with van der Waals surface area (Å²) in [5.41, 5.74) is 1.92. The van der Waals surface area contributed by atoms with Gasteiger partial charge in [0.15, 0.2) is 0 Å². The first-order valence-electron chi connectivity index (χ1n) is 5.07. The second-order valence-corrected chi connectivity index (χ2v) is 3.28. The van der Waals surface area contributed by atoms with E-state index >= 15 is 0 Å². The molecular formula is C12H17NO. The molecule has 0 unspecified atom stereocenters. The highest BCUT2D eigenvalue weighted by atomic mass is 16.1. The van der Waals surface area contributed by atoms with Crippen LogP contribution in [-0.4, -0.2) is 24.3 Å². The van der Waals surface area contributed by atoms with Gasteiger partial charge in [-0.3, -0.25) is 9.69 Å². The second-order valence-electron chi connectivity index (χ2n) is 3.28. The van der Waals surface area contributed by atoms with E-state index < -0.39 is 0 Å². The Morgan fingerprint density at radius 2 is 1.86 bits per heavy atom. The summed E-state index contributed by atoms with van der Waals surface area (Å²) in [6, 6.07) is 7.76. The van der Waals surface area contributed by atoms with Gasteiger partial charge in [-0.15, -0.1) is 0 Å². The van der Waals surface area contributed by atoms with Gasteiger partial charge in [0.25, 0.3) is 0 Å². The van der Waals surface area contributed by atoms with E-state index in [-0.39, 0.29) is 0 Å². The molecule has 2 heteroatoms. The van der Waals surface area contributed by atoms with E-state index in [1.165, 1.54) is 0 Å². The van der Waals surface area contributed by atoms with Crippen LogP contribution >= 0.6 is 0 Å². The molecule has 0 aliphatic carbocycles. The maximum absolute atomic E-state index is 10.8. The maximum Gasteiger partial charge on any atom is 0.150 e. The first kappa shape index (κ1) is 10.9. The Morgan fingerprint density at radius 3 is 2.43 bits per heavy atom. The van der Waals surface area contributed by atoms with Crippen LogP contribution in [0.2, 0.25) is 0 Å². The Morgan fingerprint density at radius 1 is 1.21 bits per heavy atom. The van der Waals surface area contributed by atoms with Crippen molar-refractivity contribution in [3.05, 3.63) is 35.4 Å². The number of hydrogen-bond donors (Lipinski definition) is 0. The quantitative estimate of drug-likeness (QED) is 0.666. The smallest absolute Gasteiger partial charge is 0.150 e. The van der Waals surface area contributed by atoms with E-state index in [2.05, 4.69) is 18.7 Å². The minimum atomic E-state index is 0.805. The number of benzene rings is 1. The zero-order chi connectivity index (χ0) is 10.4. The lowest BCUT2D eigenvalue weighted by atomic mass is 10.1. The fourth-order valence-corrected chi connectivity index (χ4v) is 1.48. The van der Waals surface area contributed by atoms with Crippen molar-refractivity contribution in [1.82, 2.24) is 4.90 Å². The van der Waals surface area contributed by atoms with Crippen LogP contribution in [0.4, 0.5) is 0 Å². The van der Waals surface area contributed by atoms with Crippen LogP contribution in [0.15, 0.2) is 24.3 Å². The van der Waals surface area contributed by atoms with Crippen LogP contribution in [0.5, 0.6) is 0 Å². The first-order chi connectivity index (χ1) is 6.81. The highest BCUT2D eigenvalue weighted by molar-refractivity contribution is 5.77. The molecular weight excluding hydrogens is 174 g/mol. The molecule has 1 rings (SSSR count). The molecule has 0 saturated carbocycles. The SMILES string of the molecule is CCN(CC)Cc1ccccc1C=O. The van der Waals surface area contributed by atoms with E-state index in [0.29, 0.717) is 0 Å². The summed E-state index contributed by atoms with van der Waals surface area (Å²) in [5, 5.41) is 0. The van der Waals surface area contributed by atoms with Gasteiger partial charge in [0.2, 0.25) is 0 Å². The molecule has 0 radical (unpaired) electrons. The number of carbonyl (C=O) groups is 1. The summed E-state index contributed by atoms with van der Waals surface area (Å²) in [6.07, 6.45) is 0.929. The van der Waals surface area contributed by atoms with Crippen LogP contribution in [0.1, 0.15) is 29.8 Å². The van der Waals surface area contributed by atoms with Crippen molar-refractivity contribution in [3.8, 4) is 0 Å². The molecule has 0 N–H and O–H groups in total. The minimum absolute atomic E-state index is 0.805. The third kappa shape index (κ3) is 2.67. The van der Waals surface area contributed by atoms with Gasteiger partial charge in [-0.1, -0.05) is 38.1 Å². The van der Waals surface area contributed by atoms with Crippen molar-refractivity contribution < 1.29 is 4.79 Å². The average Bonchev–Trinajstić information content (AvgIpc) is 2.26. The monoisotopic (exact) mass is 191 g/mol. The van der Waals surface area contributed by atoms with Crippen molar-refractivity contribution >= 4 is 6.29 Å². The largest absolute Gasteiger partial charge is 0.300 e. The summed E-state index contributed by atoms with van der Waals surface area (Å²) in [6.45, 7) is 7.16. The fraction of sp³-hybridized carbons (Fsp3) is 0.417. The lowest BCUT2D eigenvalue weighted by Crippen LogP contribution is -2.22. The zero-order valence-electron chi connectivity index (χ0n) is 8.86. The summed E-state index contributed by atoms with van der Waals surface area (Å²) in [7, 11) is 0. The van der Waals surface area contributed by atoms with Gasteiger partial charge in [0, 0.05) is 12.1 Å². The molecule has 0 amide bonds. The molecule has 1 aromatic rings. The van der Waals surface area contributed by atoms with Gasteiger partial charge in [-0.2, -0.15) is 0 Å². The van der Waals surface area contributed by atoms with Crippen molar-refractivity contribution in [3.63, 3.8) is 0 Å². The van der Waals surface area contributed by atoms with Crippen molar-refractivity contribution in [2.45, 2.75) is 20.4 Å². The third-order valence-electron chi connectivity index (χ3n) is 2.47. The number of nitrogens with zero attached hydrogens (tertiary/aromatic N) is 1. The van der Waals surface area contributed by atoms with Crippen LogP contribution in [-0.2, 0) is 6.54 Å². The molecule has 1 aromatic carbocycles. The molecule has 0 saturated heterocycles. The fourth-order valence-electron chi connectivity index (χ4n) is 1.48. The second kappa shape index (κ2) is 5.55. The first-order valence-corrected chi connectivity index (χ1v) is 5.07. The van der Waals surface area contributed by atoms with E-state index in [9.17, 15) is 4.79 Å². The molecule has 0 fully saturated rings. The highest BCUT2D eigenvalue weighted by Gasteiger charge is 2.04. The normalized spacial score (nSPS) is 10.5. The Balaban J connectivity index is 2.79. The van der Waals surface area contributed by atoms with Gasteiger partial charge >= 0.3 is 0 Å². The van der Waals surface area contributed by atoms with E-state index in [0.717, 1.165) is 37.0 Å². The van der Waals surface area contributed by atoms with Crippen molar-refractivity contribution in [2.75, 3.05) is 13.1 Å². The van der Waals surface area contributed by atoms with E-state index in [1.54, 1.807) is 0 Å². The number of carbonyl (C=O) groups excluding carboxylic acids is 1. The molecule has 0 aliphatic heterocycles. The van der Waals surface area contributed by atoms with Gasteiger partial charge in [-0.25, -0.2) is 0 Å². The molecule has 0 aromatic heterocycles. The Hall–Kier alpha value is -1.15. The predicted molar refractivity (Wildman–Crippen MR) is 58.5 cm³/mol. The lowest BCUT2D eigenvalue weighted by Gasteiger charge is -2.18. The molecule has 14 heavy (non-hydrogen) atoms. The number of rotatable bonds is 5. The Bertz CT molecular complexity index is 292. The summed E-state index contributed by atoms with van der Waals surface area (Å²) in [5.74, 6) is 0. The third-order valence-corrected chi connectivity index (χ3v) is 2.47. The molecule has 2 nitrogen and oxygen atoms in total. The van der Waals surface area contributed by atoms with Crippen molar-refractivity contribution in [1.29, 1.82) is 0 Å². The lowest BCUT2D eigenvalue weighted by molar-refractivity contribution is 0.112. The molecule has 0 spiro atoms. The molecule has 0 bridgehead atoms. The molecule has 76 valence electrons. The Labute approximate surface area is 85.5 Å². The van der Waals surface area contributed by atoms with Crippen LogP contribution in [0.3, 0.4) is 0 Å². The van der Waals surface area contributed by atoms with E-state index in [4.69, 9.17) is 0 Å². The standard InChI is InChI=1S/C12H17NO/c1-3-13(4-2)9-11-7-5-6-8-12(11)10-14/h5-8,10H,3-4,9H2,1-2H3. The minimum Gasteiger partial charge on any atom is -0.300 e.